The molecule has 1 amide bonds. The number of anilines is 1. The molecule has 0 atom stereocenters. The molecule has 0 saturated carbocycles. The lowest BCUT2D eigenvalue weighted by Crippen LogP contribution is -2.08. The first kappa shape index (κ1) is 30.2. The van der Waals surface area contributed by atoms with Gasteiger partial charge >= 0.3 is 0 Å². The lowest BCUT2D eigenvalue weighted by Gasteiger charge is -2.12. The minimum Gasteiger partial charge on any atom is -0.505 e. The summed E-state index contributed by atoms with van der Waals surface area (Å²) in [6, 6.07) is 13.2. The van der Waals surface area contributed by atoms with Crippen LogP contribution in [0.15, 0.2) is 63.7 Å². The molecule has 0 aliphatic heterocycles. The van der Waals surface area contributed by atoms with E-state index in [-0.39, 0.29) is 22.5 Å². The molecular formula is C30H39N3O5S. The molecule has 3 N–H and O–H groups in total. The fourth-order valence-electron chi connectivity index (χ4n) is 4.58. The van der Waals surface area contributed by atoms with Crippen molar-refractivity contribution in [1.82, 2.24) is 0 Å². The van der Waals surface area contributed by atoms with Gasteiger partial charge in [-0.3, -0.25) is 9.35 Å². The van der Waals surface area contributed by atoms with Crippen LogP contribution in [0, 0.1) is 0 Å². The van der Waals surface area contributed by atoms with E-state index in [9.17, 15) is 22.9 Å². The van der Waals surface area contributed by atoms with Crippen molar-refractivity contribution in [2.24, 2.45) is 10.2 Å². The first-order valence-corrected chi connectivity index (χ1v) is 15.2. The first-order valence-electron chi connectivity index (χ1n) is 13.7. The van der Waals surface area contributed by atoms with Crippen LogP contribution in [0.25, 0.3) is 10.8 Å². The van der Waals surface area contributed by atoms with Crippen molar-refractivity contribution in [2.75, 3.05) is 5.32 Å². The van der Waals surface area contributed by atoms with Crippen LogP contribution in [0.5, 0.6) is 5.75 Å². The number of carbonyl (C=O) groups is 1. The molecule has 3 aromatic rings. The molecule has 39 heavy (non-hydrogen) atoms. The Morgan fingerprint density at radius 3 is 2.05 bits per heavy atom. The van der Waals surface area contributed by atoms with Gasteiger partial charge in [-0.05, 0) is 54.1 Å². The smallest absolute Gasteiger partial charge is 0.294 e. The highest BCUT2D eigenvalue weighted by atomic mass is 32.2. The standard InChI is InChI=1S/C30H39N3O5S/c1-3-4-5-6-7-8-9-10-11-12-13-23-14-17-25(18-15-23)32-33-27-19-16-24-20-26(39(36,37)38)21-28(31-22(2)34)29(24)30(27)35/h14-21,35H,3-13H2,1-2H3,(H,31,34)(H,36,37,38). The number of aryl methyl sites for hydroxylation is 1. The average Bonchev–Trinajstić information content (AvgIpc) is 2.89. The summed E-state index contributed by atoms with van der Waals surface area (Å²) in [6.07, 6.45) is 14.1. The van der Waals surface area contributed by atoms with Gasteiger partial charge < -0.3 is 10.4 Å². The second kappa shape index (κ2) is 14.7. The summed E-state index contributed by atoms with van der Waals surface area (Å²) in [5, 5.41) is 22.3. The summed E-state index contributed by atoms with van der Waals surface area (Å²) in [6.45, 7) is 3.50. The summed E-state index contributed by atoms with van der Waals surface area (Å²) in [5.41, 5.74) is 2.07. The summed E-state index contributed by atoms with van der Waals surface area (Å²) in [5.74, 6) is -0.729. The Balaban J connectivity index is 1.60. The highest BCUT2D eigenvalue weighted by molar-refractivity contribution is 7.85. The van der Waals surface area contributed by atoms with Gasteiger partial charge in [-0.25, -0.2) is 0 Å². The molecule has 0 aliphatic rings. The fourth-order valence-corrected chi connectivity index (χ4v) is 5.13. The molecule has 3 rings (SSSR count). The third kappa shape index (κ3) is 9.44. The highest BCUT2D eigenvalue weighted by Gasteiger charge is 2.18. The van der Waals surface area contributed by atoms with Crippen LogP contribution in [-0.4, -0.2) is 24.0 Å². The van der Waals surface area contributed by atoms with Crippen molar-refractivity contribution in [2.45, 2.75) is 89.4 Å². The molecule has 0 saturated heterocycles. The zero-order valence-electron chi connectivity index (χ0n) is 22.8. The lowest BCUT2D eigenvalue weighted by atomic mass is 10.0. The molecule has 3 aromatic carbocycles. The van der Waals surface area contributed by atoms with Crippen LogP contribution < -0.4 is 5.32 Å². The van der Waals surface area contributed by atoms with E-state index in [0.29, 0.717) is 11.1 Å². The number of azo groups is 1. The molecule has 0 heterocycles. The highest BCUT2D eigenvalue weighted by Crippen LogP contribution is 2.41. The van der Waals surface area contributed by atoms with Crippen LogP contribution >= 0.6 is 0 Å². The largest absolute Gasteiger partial charge is 0.505 e. The van der Waals surface area contributed by atoms with E-state index in [4.69, 9.17) is 0 Å². The van der Waals surface area contributed by atoms with E-state index in [1.165, 1.54) is 82.4 Å². The van der Waals surface area contributed by atoms with Gasteiger partial charge in [0.05, 0.1) is 16.3 Å². The monoisotopic (exact) mass is 553 g/mol. The number of amides is 1. The van der Waals surface area contributed by atoms with Crippen LogP contribution in [0.2, 0.25) is 0 Å². The number of carbonyl (C=O) groups excluding carboxylic acids is 1. The van der Waals surface area contributed by atoms with Gasteiger partial charge in [0.15, 0.2) is 5.75 Å². The van der Waals surface area contributed by atoms with Crippen LogP contribution in [0.1, 0.15) is 83.6 Å². The molecule has 0 bridgehead atoms. The predicted octanol–water partition coefficient (Wildman–Crippen LogP) is 8.63. The predicted molar refractivity (Wildman–Crippen MR) is 156 cm³/mol. The van der Waals surface area contributed by atoms with E-state index in [0.717, 1.165) is 18.9 Å². The van der Waals surface area contributed by atoms with Gasteiger partial charge in [0.1, 0.15) is 5.69 Å². The number of hydrogen-bond acceptors (Lipinski definition) is 6. The number of aromatic hydroxyl groups is 1. The molecule has 9 heteroatoms. The lowest BCUT2D eigenvalue weighted by molar-refractivity contribution is -0.114. The third-order valence-electron chi connectivity index (χ3n) is 6.68. The Labute approximate surface area is 231 Å². The number of rotatable bonds is 15. The molecular weight excluding hydrogens is 514 g/mol. The number of unbranched alkanes of at least 4 members (excludes halogenated alkanes) is 9. The maximum atomic E-state index is 11.7. The maximum absolute atomic E-state index is 11.7. The van der Waals surface area contributed by atoms with E-state index in [1.807, 2.05) is 24.3 Å². The number of nitrogens with zero attached hydrogens (tertiary/aromatic N) is 2. The van der Waals surface area contributed by atoms with Crippen LogP contribution in [0.3, 0.4) is 0 Å². The number of hydrogen-bond donors (Lipinski definition) is 3. The second-order valence-corrected chi connectivity index (χ2v) is 11.4. The van der Waals surface area contributed by atoms with E-state index >= 15 is 0 Å². The SMILES string of the molecule is CCCCCCCCCCCCc1ccc(N=Nc2ccc3cc(S(=O)(=O)O)cc(NC(C)=O)c3c2O)cc1. The summed E-state index contributed by atoms with van der Waals surface area (Å²) in [7, 11) is -4.52. The summed E-state index contributed by atoms with van der Waals surface area (Å²) >= 11 is 0. The Kier molecular flexibility index (Phi) is 11.4. The van der Waals surface area contributed by atoms with Gasteiger partial charge in [-0.1, -0.05) is 82.9 Å². The number of benzene rings is 3. The Bertz CT molecular complexity index is 1390. The molecule has 0 aliphatic carbocycles. The summed E-state index contributed by atoms with van der Waals surface area (Å²) < 4.78 is 32.7. The number of fused-ring (bicyclic) bond motifs is 1. The van der Waals surface area contributed by atoms with Crippen LogP contribution in [0.4, 0.5) is 17.1 Å². The third-order valence-corrected chi connectivity index (χ3v) is 7.51. The molecule has 0 radical (unpaired) electrons. The summed E-state index contributed by atoms with van der Waals surface area (Å²) in [4.78, 5) is 11.3. The van der Waals surface area contributed by atoms with Crippen molar-refractivity contribution < 1.29 is 22.9 Å². The fraction of sp³-hybridized carbons (Fsp3) is 0.433. The van der Waals surface area contributed by atoms with Gasteiger partial charge in [0, 0.05) is 12.3 Å². The topological polar surface area (TPSA) is 128 Å². The van der Waals surface area contributed by atoms with E-state index in [1.54, 1.807) is 6.07 Å². The molecule has 210 valence electrons. The first-order chi connectivity index (χ1) is 18.7. The van der Waals surface area contributed by atoms with E-state index < -0.39 is 20.9 Å². The molecule has 0 aromatic heterocycles. The molecule has 0 fully saturated rings. The van der Waals surface area contributed by atoms with Crippen molar-refractivity contribution in [1.29, 1.82) is 0 Å². The zero-order valence-corrected chi connectivity index (χ0v) is 23.6. The van der Waals surface area contributed by atoms with Crippen molar-refractivity contribution >= 4 is 43.9 Å². The quantitative estimate of drug-likeness (QED) is 0.0985. The Morgan fingerprint density at radius 1 is 0.846 bits per heavy atom. The van der Waals surface area contributed by atoms with Gasteiger partial charge in [-0.2, -0.15) is 13.5 Å². The van der Waals surface area contributed by atoms with Gasteiger partial charge in [0.2, 0.25) is 5.91 Å². The number of phenols is 1. The molecule has 0 spiro atoms. The minimum atomic E-state index is -4.52. The average molecular weight is 554 g/mol. The Morgan fingerprint density at radius 2 is 1.46 bits per heavy atom. The maximum Gasteiger partial charge on any atom is 0.294 e. The minimum absolute atomic E-state index is 0.0403. The van der Waals surface area contributed by atoms with E-state index in [2.05, 4.69) is 22.5 Å². The van der Waals surface area contributed by atoms with Gasteiger partial charge in [0.25, 0.3) is 10.1 Å². The van der Waals surface area contributed by atoms with Crippen molar-refractivity contribution in [3.05, 3.63) is 54.1 Å². The van der Waals surface area contributed by atoms with Crippen LogP contribution in [-0.2, 0) is 21.3 Å². The normalized spacial score (nSPS) is 11.9. The molecule has 0 unspecified atom stereocenters. The number of phenolic OH excluding ortho intramolecular Hbond substituents is 1. The zero-order chi connectivity index (χ0) is 28.3. The Hall–Kier alpha value is -3.30. The number of nitrogens with one attached hydrogen (secondary N) is 1. The van der Waals surface area contributed by atoms with Crippen molar-refractivity contribution in [3.8, 4) is 5.75 Å². The van der Waals surface area contributed by atoms with Gasteiger partial charge in [-0.15, -0.1) is 5.11 Å². The molecule has 8 nitrogen and oxygen atoms in total. The van der Waals surface area contributed by atoms with Crippen molar-refractivity contribution in [3.63, 3.8) is 0 Å². The second-order valence-electron chi connectivity index (χ2n) is 9.96.